The van der Waals surface area contributed by atoms with Crippen LogP contribution in [0.3, 0.4) is 0 Å². The monoisotopic (exact) mass is 323 g/mol. The van der Waals surface area contributed by atoms with Crippen LogP contribution in [0.1, 0.15) is 17.0 Å². The number of aliphatic hydroxyl groups is 1. The van der Waals surface area contributed by atoms with E-state index in [4.69, 9.17) is 5.73 Å². The van der Waals surface area contributed by atoms with E-state index in [1.807, 2.05) is 24.3 Å². The largest absolute Gasteiger partial charge is 0.391 e. The summed E-state index contributed by atoms with van der Waals surface area (Å²) in [6.45, 7) is 0.147. The maximum atomic E-state index is 13.0. The van der Waals surface area contributed by atoms with Gasteiger partial charge in [0, 0.05) is 16.9 Å². The minimum atomic E-state index is -0.709. The average Bonchev–Trinajstić information content (AvgIpc) is 2.41. The Morgan fingerprint density at radius 1 is 1.11 bits per heavy atom. The van der Waals surface area contributed by atoms with Crippen LogP contribution in [0.15, 0.2) is 53.0 Å². The number of nitrogens with two attached hydrogens (primary N) is 1. The van der Waals surface area contributed by atoms with Gasteiger partial charge in [-0.1, -0.05) is 40.2 Å². The fourth-order valence-corrected chi connectivity index (χ4v) is 2.56. The minimum absolute atomic E-state index is 0.147. The number of hydrogen-bond donors (Lipinski definition) is 2. The molecule has 0 fully saturated rings. The van der Waals surface area contributed by atoms with Crippen LogP contribution in [0.2, 0.25) is 0 Å². The first-order valence-corrected chi connectivity index (χ1v) is 6.80. The SMILES string of the molecule is NC[C@H](O)[C@@H](c1ccc(F)cc1)c1cccc(Br)c1. The Balaban J connectivity index is 2.44. The van der Waals surface area contributed by atoms with Crippen molar-refractivity contribution in [2.75, 3.05) is 6.54 Å². The van der Waals surface area contributed by atoms with Crippen molar-refractivity contribution in [1.82, 2.24) is 0 Å². The molecule has 0 aliphatic heterocycles. The van der Waals surface area contributed by atoms with E-state index in [0.717, 1.165) is 15.6 Å². The van der Waals surface area contributed by atoms with Gasteiger partial charge in [-0.3, -0.25) is 0 Å². The van der Waals surface area contributed by atoms with Gasteiger partial charge in [0.1, 0.15) is 5.82 Å². The van der Waals surface area contributed by atoms with Gasteiger partial charge in [0.15, 0.2) is 0 Å². The van der Waals surface area contributed by atoms with Crippen molar-refractivity contribution >= 4 is 15.9 Å². The summed E-state index contributed by atoms with van der Waals surface area (Å²) in [5, 5.41) is 10.2. The molecule has 0 bridgehead atoms. The zero-order valence-corrected chi connectivity index (χ0v) is 11.8. The first-order valence-electron chi connectivity index (χ1n) is 6.01. The van der Waals surface area contributed by atoms with E-state index in [1.54, 1.807) is 12.1 Å². The smallest absolute Gasteiger partial charge is 0.123 e. The lowest BCUT2D eigenvalue weighted by atomic mass is 9.86. The molecule has 2 nitrogen and oxygen atoms in total. The summed E-state index contributed by atoms with van der Waals surface area (Å²) in [6.07, 6.45) is -0.709. The van der Waals surface area contributed by atoms with Crippen LogP contribution in [0.5, 0.6) is 0 Å². The summed E-state index contributed by atoms with van der Waals surface area (Å²) < 4.78 is 13.9. The Morgan fingerprint density at radius 2 is 1.79 bits per heavy atom. The minimum Gasteiger partial charge on any atom is -0.391 e. The molecule has 19 heavy (non-hydrogen) atoms. The van der Waals surface area contributed by atoms with E-state index in [0.29, 0.717) is 0 Å². The lowest BCUT2D eigenvalue weighted by Gasteiger charge is -2.23. The van der Waals surface area contributed by atoms with Gasteiger partial charge in [0.05, 0.1) is 6.10 Å². The Labute approximate surface area is 120 Å². The predicted molar refractivity (Wildman–Crippen MR) is 77.4 cm³/mol. The number of benzene rings is 2. The molecule has 0 aliphatic carbocycles. The Bertz CT molecular complexity index is 544. The molecule has 0 aliphatic rings. The maximum Gasteiger partial charge on any atom is 0.123 e. The molecule has 0 aromatic heterocycles. The van der Waals surface area contributed by atoms with Crippen LogP contribution < -0.4 is 5.73 Å². The van der Waals surface area contributed by atoms with Gasteiger partial charge in [-0.2, -0.15) is 0 Å². The van der Waals surface area contributed by atoms with Crippen molar-refractivity contribution in [3.05, 3.63) is 69.9 Å². The summed E-state index contributed by atoms with van der Waals surface area (Å²) in [6, 6.07) is 13.8. The highest BCUT2D eigenvalue weighted by Crippen LogP contribution is 2.29. The molecule has 0 saturated heterocycles. The third-order valence-corrected chi connectivity index (χ3v) is 3.56. The molecule has 2 atom stereocenters. The van der Waals surface area contributed by atoms with Gasteiger partial charge in [0.25, 0.3) is 0 Å². The van der Waals surface area contributed by atoms with Crippen LogP contribution >= 0.6 is 15.9 Å². The van der Waals surface area contributed by atoms with E-state index in [1.165, 1.54) is 12.1 Å². The normalized spacial score (nSPS) is 14.1. The standard InChI is InChI=1S/C15H15BrFNO/c16-12-3-1-2-11(8-12)15(14(19)9-18)10-4-6-13(17)7-5-10/h1-8,14-15,19H,9,18H2/t14-,15-/m0/s1. The molecule has 0 unspecified atom stereocenters. The Hall–Kier alpha value is -1.23. The molecule has 100 valence electrons. The summed E-state index contributed by atoms with van der Waals surface area (Å²) in [5.41, 5.74) is 7.37. The first kappa shape index (κ1) is 14.2. The second kappa shape index (κ2) is 6.28. The molecular formula is C15H15BrFNO. The topological polar surface area (TPSA) is 46.2 Å². The summed E-state index contributed by atoms with van der Waals surface area (Å²) in [7, 11) is 0. The van der Waals surface area contributed by atoms with Gasteiger partial charge in [-0.05, 0) is 35.4 Å². The second-order valence-electron chi connectivity index (χ2n) is 4.39. The van der Waals surface area contributed by atoms with Gasteiger partial charge < -0.3 is 10.8 Å². The van der Waals surface area contributed by atoms with E-state index >= 15 is 0 Å². The van der Waals surface area contributed by atoms with Crippen molar-refractivity contribution in [3.63, 3.8) is 0 Å². The highest BCUT2D eigenvalue weighted by molar-refractivity contribution is 9.10. The van der Waals surface area contributed by atoms with E-state index in [2.05, 4.69) is 15.9 Å². The van der Waals surface area contributed by atoms with Gasteiger partial charge in [-0.15, -0.1) is 0 Å². The van der Waals surface area contributed by atoms with E-state index < -0.39 is 6.10 Å². The third-order valence-electron chi connectivity index (χ3n) is 3.06. The molecule has 2 aromatic carbocycles. The van der Waals surface area contributed by atoms with E-state index in [-0.39, 0.29) is 18.3 Å². The zero-order valence-electron chi connectivity index (χ0n) is 10.3. The lowest BCUT2D eigenvalue weighted by Crippen LogP contribution is -2.28. The maximum absolute atomic E-state index is 13.0. The molecule has 3 N–H and O–H groups in total. The summed E-state index contributed by atoms with van der Waals surface area (Å²) in [4.78, 5) is 0. The van der Waals surface area contributed by atoms with Crippen LogP contribution in [0, 0.1) is 5.82 Å². The van der Waals surface area contributed by atoms with Crippen LogP contribution in [0.25, 0.3) is 0 Å². The van der Waals surface area contributed by atoms with Crippen LogP contribution in [-0.2, 0) is 0 Å². The Kier molecular flexibility index (Phi) is 4.69. The number of aliphatic hydroxyl groups excluding tert-OH is 1. The van der Waals surface area contributed by atoms with Crippen molar-refractivity contribution < 1.29 is 9.50 Å². The number of halogens is 2. The number of hydrogen-bond acceptors (Lipinski definition) is 2. The molecule has 0 saturated carbocycles. The molecule has 0 radical (unpaired) electrons. The molecule has 0 spiro atoms. The van der Waals surface area contributed by atoms with Crippen molar-refractivity contribution in [2.24, 2.45) is 5.73 Å². The molecular weight excluding hydrogens is 309 g/mol. The number of rotatable bonds is 4. The first-order chi connectivity index (χ1) is 9.11. The molecule has 4 heteroatoms. The molecule has 2 rings (SSSR count). The quantitative estimate of drug-likeness (QED) is 0.908. The molecule has 2 aromatic rings. The van der Waals surface area contributed by atoms with Gasteiger partial charge in [-0.25, -0.2) is 4.39 Å². The van der Waals surface area contributed by atoms with Crippen LogP contribution in [0.4, 0.5) is 4.39 Å². The van der Waals surface area contributed by atoms with E-state index in [9.17, 15) is 9.50 Å². The molecule has 0 amide bonds. The predicted octanol–water partition coefficient (Wildman–Crippen LogP) is 3.04. The van der Waals surface area contributed by atoms with Crippen molar-refractivity contribution in [2.45, 2.75) is 12.0 Å². The van der Waals surface area contributed by atoms with Crippen LogP contribution in [-0.4, -0.2) is 17.8 Å². The highest BCUT2D eigenvalue weighted by Gasteiger charge is 2.22. The van der Waals surface area contributed by atoms with Crippen molar-refractivity contribution in [3.8, 4) is 0 Å². The molecule has 0 heterocycles. The summed E-state index contributed by atoms with van der Waals surface area (Å²) >= 11 is 3.41. The fraction of sp³-hybridized carbons (Fsp3) is 0.200. The third kappa shape index (κ3) is 3.41. The Morgan fingerprint density at radius 3 is 2.37 bits per heavy atom. The average molecular weight is 324 g/mol. The lowest BCUT2D eigenvalue weighted by molar-refractivity contribution is 0.164. The van der Waals surface area contributed by atoms with Gasteiger partial charge >= 0.3 is 0 Å². The highest BCUT2D eigenvalue weighted by atomic mass is 79.9. The summed E-state index contributed by atoms with van der Waals surface area (Å²) in [5.74, 6) is -0.554. The second-order valence-corrected chi connectivity index (χ2v) is 5.30. The van der Waals surface area contributed by atoms with Gasteiger partial charge in [0.2, 0.25) is 0 Å². The zero-order chi connectivity index (χ0) is 13.8. The fourth-order valence-electron chi connectivity index (χ4n) is 2.14. The van der Waals surface area contributed by atoms with Crippen molar-refractivity contribution in [1.29, 1.82) is 0 Å².